The Bertz CT molecular complexity index is 756. The van der Waals surface area contributed by atoms with Crippen molar-refractivity contribution < 1.29 is 0 Å². The van der Waals surface area contributed by atoms with Crippen molar-refractivity contribution in [2.75, 3.05) is 0 Å². The Kier molecular flexibility index (Phi) is 3.20. The molecule has 3 nitrogen and oxygen atoms in total. The molecule has 0 spiro atoms. The van der Waals surface area contributed by atoms with E-state index in [4.69, 9.17) is 0 Å². The van der Waals surface area contributed by atoms with Crippen LogP contribution in [0.4, 0.5) is 0 Å². The third-order valence-electron chi connectivity index (χ3n) is 4.09. The number of hydrogen-bond donors (Lipinski definition) is 1. The first-order chi connectivity index (χ1) is 10.4. The SMILES string of the molecule is c1cnc2ccc(Cn3cccc3CNC3CC3)cc2c1. The van der Waals surface area contributed by atoms with Gasteiger partial charge >= 0.3 is 0 Å². The van der Waals surface area contributed by atoms with Gasteiger partial charge in [0.15, 0.2) is 0 Å². The molecule has 2 heterocycles. The second kappa shape index (κ2) is 5.34. The molecule has 1 aliphatic carbocycles. The third kappa shape index (κ3) is 2.83. The standard InChI is InChI=1S/C18H19N3/c1-3-15-11-14(5-8-18(15)19-9-1)13-21-10-2-4-17(21)12-20-16-6-7-16/h1-5,8-11,16,20H,6-7,12-13H2. The highest BCUT2D eigenvalue weighted by molar-refractivity contribution is 5.78. The van der Waals surface area contributed by atoms with Crippen LogP contribution >= 0.6 is 0 Å². The molecule has 1 aliphatic rings. The van der Waals surface area contributed by atoms with E-state index < -0.39 is 0 Å². The Labute approximate surface area is 124 Å². The fraction of sp³-hybridized carbons (Fsp3) is 0.278. The van der Waals surface area contributed by atoms with Crippen molar-refractivity contribution >= 4 is 10.9 Å². The molecule has 1 fully saturated rings. The van der Waals surface area contributed by atoms with Gasteiger partial charge in [0, 0.05) is 42.6 Å². The van der Waals surface area contributed by atoms with Crippen molar-refractivity contribution in [1.82, 2.24) is 14.9 Å². The van der Waals surface area contributed by atoms with Gasteiger partial charge in [-0.1, -0.05) is 12.1 Å². The zero-order valence-corrected chi connectivity index (χ0v) is 12.0. The molecule has 3 aromatic rings. The highest BCUT2D eigenvalue weighted by Crippen LogP contribution is 2.20. The zero-order chi connectivity index (χ0) is 14.1. The van der Waals surface area contributed by atoms with E-state index in [9.17, 15) is 0 Å². The van der Waals surface area contributed by atoms with Crippen LogP contribution in [0.2, 0.25) is 0 Å². The van der Waals surface area contributed by atoms with Crippen LogP contribution in [-0.4, -0.2) is 15.6 Å². The Morgan fingerprint density at radius 2 is 2.10 bits per heavy atom. The molecule has 21 heavy (non-hydrogen) atoms. The van der Waals surface area contributed by atoms with Gasteiger partial charge in [-0.25, -0.2) is 0 Å². The number of nitrogens with zero attached hydrogens (tertiary/aromatic N) is 2. The summed E-state index contributed by atoms with van der Waals surface area (Å²) in [6, 6.07) is 15.7. The molecular weight excluding hydrogens is 258 g/mol. The smallest absolute Gasteiger partial charge is 0.0702 e. The molecule has 2 aromatic heterocycles. The van der Waals surface area contributed by atoms with Crippen molar-refractivity contribution in [3.8, 4) is 0 Å². The fourth-order valence-electron chi connectivity index (χ4n) is 2.72. The van der Waals surface area contributed by atoms with Crippen molar-refractivity contribution in [3.05, 3.63) is 66.1 Å². The van der Waals surface area contributed by atoms with Gasteiger partial charge < -0.3 is 9.88 Å². The molecule has 0 atom stereocenters. The van der Waals surface area contributed by atoms with Gasteiger partial charge in [-0.15, -0.1) is 0 Å². The summed E-state index contributed by atoms with van der Waals surface area (Å²) < 4.78 is 2.33. The largest absolute Gasteiger partial charge is 0.346 e. The summed E-state index contributed by atoms with van der Waals surface area (Å²) in [7, 11) is 0. The summed E-state index contributed by atoms with van der Waals surface area (Å²) in [5, 5.41) is 4.79. The summed E-state index contributed by atoms with van der Waals surface area (Å²) in [6.45, 7) is 1.88. The van der Waals surface area contributed by atoms with E-state index in [1.807, 2.05) is 12.3 Å². The molecule has 106 valence electrons. The van der Waals surface area contributed by atoms with Crippen LogP contribution in [-0.2, 0) is 13.1 Å². The summed E-state index contributed by atoms with van der Waals surface area (Å²) in [5.74, 6) is 0. The van der Waals surface area contributed by atoms with Crippen LogP contribution in [0.5, 0.6) is 0 Å². The lowest BCUT2D eigenvalue weighted by molar-refractivity contribution is 0.634. The Balaban J connectivity index is 1.54. The van der Waals surface area contributed by atoms with Gasteiger partial charge in [0.25, 0.3) is 0 Å². The first-order valence-corrected chi connectivity index (χ1v) is 7.59. The molecule has 1 N–H and O–H groups in total. The minimum Gasteiger partial charge on any atom is -0.346 e. The predicted molar refractivity (Wildman–Crippen MR) is 85.1 cm³/mol. The number of aromatic nitrogens is 2. The molecule has 0 amide bonds. The number of rotatable bonds is 5. The second-order valence-corrected chi connectivity index (χ2v) is 5.81. The topological polar surface area (TPSA) is 29.9 Å². The fourth-order valence-corrected chi connectivity index (χ4v) is 2.72. The maximum atomic E-state index is 4.38. The van der Waals surface area contributed by atoms with Crippen molar-refractivity contribution in [1.29, 1.82) is 0 Å². The number of nitrogens with one attached hydrogen (secondary N) is 1. The van der Waals surface area contributed by atoms with Crippen LogP contribution < -0.4 is 5.32 Å². The van der Waals surface area contributed by atoms with Crippen molar-refractivity contribution in [2.24, 2.45) is 0 Å². The van der Waals surface area contributed by atoms with Gasteiger partial charge in [-0.2, -0.15) is 0 Å². The molecule has 1 saturated carbocycles. The first kappa shape index (κ1) is 12.6. The van der Waals surface area contributed by atoms with E-state index in [-0.39, 0.29) is 0 Å². The Hall–Kier alpha value is -2.13. The third-order valence-corrected chi connectivity index (χ3v) is 4.09. The van der Waals surface area contributed by atoms with Gasteiger partial charge in [0.1, 0.15) is 0 Å². The molecular formula is C18H19N3. The van der Waals surface area contributed by atoms with Crippen LogP contribution in [0.15, 0.2) is 54.9 Å². The Morgan fingerprint density at radius 1 is 1.14 bits per heavy atom. The molecule has 3 heteroatoms. The lowest BCUT2D eigenvalue weighted by atomic mass is 10.1. The van der Waals surface area contributed by atoms with E-state index in [0.717, 1.165) is 24.6 Å². The monoisotopic (exact) mass is 277 g/mol. The molecule has 0 radical (unpaired) electrons. The van der Waals surface area contributed by atoms with E-state index in [1.165, 1.54) is 29.5 Å². The van der Waals surface area contributed by atoms with Crippen molar-refractivity contribution in [3.63, 3.8) is 0 Å². The normalized spacial score (nSPS) is 14.7. The zero-order valence-electron chi connectivity index (χ0n) is 12.0. The first-order valence-electron chi connectivity index (χ1n) is 7.59. The van der Waals surface area contributed by atoms with Gasteiger partial charge in [0.05, 0.1) is 5.52 Å². The van der Waals surface area contributed by atoms with Gasteiger partial charge in [0.2, 0.25) is 0 Å². The Morgan fingerprint density at radius 3 is 3.00 bits per heavy atom. The van der Waals surface area contributed by atoms with Crippen LogP contribution in [0, 0.1) is 0 Å². The predicted octanol–water partition coefficient (Wildman–Crippen LogP) is 3.34. The molecule has 0 aliphatic heterocycles. The summed E-state index contributed by atoms with van der Waals surface area (Å²) in [6.07, 6.45) is 6.67. The van der Waals surface area contributed by atoms with Crippen molar-refractivity contribution in [2.45, 2.75) is 32.0 Å². The minimum atomic E-state index is 0.750. The lowest BCUT2D eigenvalue weighted by Gasteiger charge is -2.11. The van der Waals surface area contributed by atoms with E-state index in [2.05, 4.69) is 57.5 Å². The quantitative estimate of drug-likeness (QED) is 0.775. The van der Waals surface area contributed by atoms with E-state index in [0.29, 0.717) is 0 Å². The maximum absolute atomic E-state index is 4.38. The average molecular weight is 277 g/mol. The summed E-state index contributed by atoms with van der Waals surface area (Å²) in [4.78, 5) is 4.38. The molecule has 0 saturated heterocycles. The highest BCUT2D eigenvalue weighted by atomic mass is 15.0. The highest BCUT2D eigenvalue weighted by Gasteiger charge is 2.20. The molecule has 1 aromatic carbocycles. The van der Waals surface area contributed by atoms with Gasteiger partial charge in [-0.3, -0.25) is 4.98 Å². The lowest BCUT2D eigenvalue weighted by Crippen LogP contribution is -2.18. The number of benzene rings is 1. The summed E-state index contributed by atoms with van der Waals surface area (Å²) in [5.41, 5.74) is 3.73. The van der Waals surface area contributed by atoms with E-state index >= 15 is 0 Å². The second-order valence-electron chi connectivity index (χ2n) is 5.81. The van der Waals surface area contributed by atoms with Crippen LogP contribution in [0.3, 0.4) is 0 Å². The molecule has 4 rings (SSSR count). The number of fused-ring (bicyclic) bond motifs is 1. The van der Waals surface area contributed by atoms with Gasteiger partial charge in [-0.05, 0) is 48.7 Å². The summed E-state index contributed by atoms with van der Waals surface area (Å²) >= 11 is 0. The number of hydrogen-bond acceptors (Lipinski definition) is 2. The average Bonchev–Trinajstić information content (AvgIpc) is 3.25. The van der Waals surface area contributed by atoms with Crippen LogP contribution in [0.1, 0.15) is 24.1 Å². The minimum absolute atomic E-state index is 0.750. The maximum Gasteiger partial charge on any atom is 0.0702 e. The van der Waals surface area contributed by atoms with Crippen LogP contribution in [0.25, 0.3) is 10.9 Å². The molecule has 0 unspecified atom stereocenters. The molecule has 0 bridgehead atoms. The number of pyridine rings is 1. The van der Waals surface area contributed by atoms with E-state index in [1.54, 1.807) is 0 Å².